The second-order valence-electron chi connectivity index (χ2n) is 4.93. The molecule has 0 aromatic rings. The molecule has 0 bridgehead atoms. The van der Waals surface area contributed by atoms with E-state index in [0.717, 1.165) is 9.44 Å². The van der Waals surface area contributed by atoms with Gasteiger partial charge in [-0.25, -0.2) is 34.7 Å². The summed E-state index contributed by atoms with van der Waals surface area (Å²) in [7, 11) is -16.3. The summed E-state index contributed by atoms with van der Waals surface area (Å²) in [5, 5.41) is 0. The van der Waals surface area contributed by atoms with Gasteiger partial charge in [0.15, 0.2) is 0 Å². The first-order valence-corrected chi connectivity index (χ1v) is 10.7. The molecule has 0 amide bonds. The second-order valence-corrected chi connectivity index (χ2v) is 10.3. The number of rotatable bonds is 5. The van der Waals surface area contributed by atoms with E-state index in [2.05, 4.69) is 0 Å². The minimum absolute atomic E-state index is 0.333. The van der Waals surface area contributed by atoms with E-state index in [4.69, 9.17) is 0 Å². The Hall–Kier alpha value is -0.690. The maximum absolute atomic E-state index is 12.4. The van der Waals surface area contributed by atoms with Crippen molar-refractivity contribution in [1.82, 2.24) is 13.7 Å². The van der Waals surface area contributed by atoms with E-state index in [1.54, 1.807) is 0 Å². The number of nitrogens with one attached hydrogen (secondary N) is 2. The van der Waals surface area contributed by atoms with Gasteiger partial charge in [-0.1, -0.05) is 0 Å². The van der Waals surface area contributed by atoms with Crippen molar-refractivity contribution in [2.45, 2.75) is 23.1 Å². The molecule has 25 heavy (non-hydrogen) atoms. The molecule has 1 heterocycles. The fraction of sp³-hybridized carbons (Fsp3) is 1.00. The highest BCUT2D eigenvalue weighted by molar-refractivity contribution is 7.90. The van der Waals surface area contributed by atoms with Crippen LogP contribution in [0.2, 0.25) is 0 Å². The van der Waals surface area contributed by atoms with E-state index in [1.807, 2.05) is 0 Å². The number of sulfonamides is 3. The Balaban J connectivity index is 3.19. The molecule has 0 saturated carbocycles. The van der Waals surface area contributed by atoms with Gasteiger partial charge in [-0.15, -0.1) is 0 Å². The van der Waals surface area contributed by atoms with Crippen molar-refractivity contribution < 1.29 is 51.6 Å². The van der Waals surface area contributed by atoms with E-state index in [1.165, 1.54) is 0 Å². The zero-order valence-electron chi connectivity index (χ0n) is 12.0. The number of alkyl halides is 6. The molecule has 1 rings (SSSR count). The van der Waals surface area contributed by atoms with Gasteiger partial charge in [0.05, 0.1) is 18.3 Å². The van der Waals surface area contributed by atoms with Gasteiger partial charge in [0, 0.05) is 13.1 Å². The van der Waals surface area contributed by atoms with Crippen molar-refractivity contribution in [3.63, 3.8) is 0 Å². The van der Waals surface area contributed by atoms with Crippen LogP contribution >= 0.6 is 0 Å². The van der Waals surface area contributed by atoms with Crippen LogP contribution in [0.25, 0.3) is 0 Å². The summed E-state index contributed by atoms with van der Waals surface area (Å²) in [5.74, 6) is 0. The lowest BCUT2D eigenvalue weighted by molar-refractivity contribution is -0.0463. The Bertz CT molecular complexity index is 763. The third-order valence-corrected chi connectivity index (χ3v) is 6.66. The van der Waals surface area contributed by atoms with Gasteiger partial charge in [0.2, 0.25) is 10.0 Å². The Labute approximate surface area is 138 Å². The molecule has 0 unspecified atom stereocenters. The fourth-order valence-corrected chi connectivity index (χ4v) is 4.21. The van der Waals surface area contributed by atoms with E-state index in [-0.39, 0.29) is 0 Å². The molecule has 150 valence electrons. The van der Waals surface area contributed by atoms with Gasteiger partial charge in [-0.3, -0.25) is 0 Å². The topological polar surface area (TPSA) is 130 Å². The number of nitrogens with zero attached hydrogens (tertiary/aromatic N) is 1. The van der Waals surface area contributed by atoms with Crippen LogP contribution in [0.5, 0.6) is 0 Å². The maximum atomic E-state index is 12.4. The van der Waals surface area contributed by atoms with Crippen LogP contribution in [-0.2, 0) is 30.1 Å². The minimum Gasteiger partial charge on any atom is -0.213 e. The maximum Gasteiger partial charge on any atom is 0.511 e. The zero-order valence-corrected chi connectivity index (χ0v) is 14.4. The van der Waals surface area contributed by atoms with Crippen LogP contribution in [-0.4, -0.2) is 72.0 Å². The van der Waals surface area contributed by atoms with E-state index in [0.29, 0.717) is 10.6 Å². The number of hydrogen-bond acceptors (Lipinski definition) is 6. The van der Waals surface area contributed by atoms with Crippen molar-refractivity contribution in [3.8, 4) is 0 Å². The highest BCUT2D eigenvalue weighted by atomic mass is 32.2. The van der Waals surface area contributed by atoms with Crippen molar-refractivity contribution in [2.24, 2.45) is 0 Å². The quantitative estimate of drug-likeness (QED) is 0.518. The van der Waals surface area contributed by atoms with Gasteiger partial charge >= 0.3 is 31.1 Å². The van der Waals surface area contributed by atoms with Crippen LogP contribution in [0.4, 0.5) is 26.3 Å². The second kappa shape index (κ2) is 6.48. The molecule has 1 fully saturated rings. The van der Waals surface area contributed by atoms with Gasteiger partial charge < -0.3 is 0 Å². The van der Waals surface area contributed by atoms with Crippen LogP contribution < -0.4 is 9.44 Å². The Morgan fingerprint density at radius 2 is 1.04 bits per heavy atom. The summed E-state index contributed by atoms with van der Waals surface area (Å²) in [6, 6.07) is -4.23. The van der Waals surface area contributed by atoms with Crippen LogP contribution in [0.1, 0.15) is 0 Å². The lowest BCUT2D eigenvalue weighted by atomic mass is 10.2. The van der Waals surface area contributed by atoms with Gasteiger partial charge in [0.25, 0.3) is 0 Å². The summed E-state index contributed by atoms with van der Waals surface area (Å²) >= 11 is 0. The van der Waals surface area contributed by atoms with Crippen molar-refractivity contribution in [2.75, 3.05) is 19.3 Å². The third-order valence-electron chi connectivity index (χ3n) is 2.98. The monoisotopic (exact) mass is 443 g/mol. The standard InChI is InChI=1S/C7H11F6N3O6S3/c1-23(17,18)16-2-4(14-24(19,20)6(8,9)10)5(3-16)15-25(21,22)7(11,12)13/h4-5,14-15H,2-3H2,1H3/t4-,5-/m1/s1. The molecule has 9 nitrogen and oxygen atoms in total. The highest BCUT2D eigenvalue weighted by Crippen LogP contribution is 2.26. The molecular formula is C7H11F6N3O6S3. The number of halogens is 6. The lowest BCUT2D eigenvalue weighted by Gasteiger charge is -2.22. The van der Waals surface area contributed by atoms with E-state index >= 15 is 0 Å². The molecule has 0 aliphatic carbocycles. The van der Waals surface area contributed by atoms with Crippen LogP contribution in [0, 0.1) is 0 Å². The van der Waals surface area contributed by atoms with E-state index in [9.17, 15) is 51.6 Å². The van der Waals surface area contributed by atoms with Crippen LogP contribution in [0.15, 0.2) is 0 Å². The molecule has 1 saturated heterocycles. The zero-order chi connectivity index (χ0) is 20.1. The van der Waals surface area contributed by atoms with Gasteiger partial charge in [0.1, 0.15) is 0 Å². The molecule has 0 aromatic heterocycles. The van der Waals surface area contributed by atoms with Gasteiger partial charge in [-0.05, 0) is 0 Å². The SMILES string of the molecule is CS(=O)(=O)N1C[C@@H](NS(=O)(=O)C(F)(F)F)[C@H](NS(=O)(=O)C(F)(F)F)C1. The Morgan fingerprint density at radius 1 is 0.760 bits per heavy atom. The first kappa shape index (κ1) is 22.4. The summed E-state index contributed by atoms with van der Waals surface area (Å²) < 4.78 is 144. The first-order valence-electron chi connectivity index (χ1n) is 5.90. The molecule has 0 aromatic carbocycles. The van der Waals surface area contributed by atoms with Crippen molar-refractivity contribution in [1.29, 1.82) is 0 Å². The average Bonchev–Trinajstić information content (AvgIpc) is 2.67. The summed E-state index contributed by atoms with van der Waals surface area (Å²) in [4.78, 5) is 0. The average molecular weight is 443 g/mol. The lowest BCUT2D eigenvalue weighted by Crippen LogP contribution is -2.55. The predicted octanol–water partition coefficient (Wildman–Crippen LogP) is -1.12. The Kier molecular flexibility index (Phi) is 5.79. The Morgan fingerprint density at radius 3 is 1.24 bits per heavy atom. The molecule has 2 N–H and O–H groups in total. The molecule has 0 radical (unpaired) electrons. The van der Waals surface area contributed by atoms with Crippen LogP contribution in [0.3, 0.4) is 0 Å². The normalized spacial score (nSPS) is 24.6. The first-order chi connectivity index (χ1) is 10.8. The third kappa shape index (κ3) is 5.16. The predicted molar refractivity (Wildman–Crippen MR) is 70.2 cm³/mol. The summed E-state index contributed by atoms with van der Waals surface area (Å²) in [6.07, 6.45) is 0.558. The van der Waals surface area contributed by atoms with Crippen molar-refractivity contribution in [3.05, 3.63) is 0 Å². The molecule has 0 spiro atoms. The summed E-state index contributed by atoms with van der Waals surface area (Å²) in [5.41, 5.74) is -11.7. The largest absolute Gasteiger partial charge is 0.511 e. The molecular weight excluding hydrogens is 432 g/mol. The van der Waals surface area contributed by atoms with Gasteiger partial charge in [-0.2, -0.15) is 30.6 Å². The summed E-state index contributed by atoms with van der Waals surface area (Å²) in [6.45, 7) is -2.00. The fourth-order valence-electron chi connectivity index (χ4n) is 1.81. The molecule has 2 atom stereocenters. The minimum atomic E-state index is -6.06. The van der Waals surface area contributed by atoms with E-state index < -0.39 is 66.3 Å². The number of hydrogen-bond donors (Lipinski definition) is 2. The smallest absolute Gasteiger partial charge is 0.213 e. The highest BCUT2D eigenvalue weighted by Gasteiger charge is 2.53. The molecule has 18 heteroatoms. The molecule has 1 aliphatic rings. The molecule has 1 aliphatic heterocycles. The van der Waals surface area contributed by atoms with Crippen molar-refractivity contribution >= 4 is 30.1 Å².